The van der Waals surface area contributed by atoms with E-state index in [2.05, 4.69) is 5.92 Å². The van der Waals surface area contributed by atoms with Crippen molar-refractivity contribution in [2.24, 2.45) is 0 Å². The van der Waals surface area contributed by atoms with Crippen molar-refractivity contribution in [3.05, 3.63) is 28.8 Å². The minimum atomic E-state index is -0.319. The van der Waals surface area contributed by atoms with E-state index in [1.807, 2.05) is 6.92 Å². The quantitative estimate of drug-likeness (QED) is 0.819. The summed E-state index contributed by atoms with van der Waals surface area (Å²) in [6, 6.07) is 4.34. The number of carbonyl (C=O) groups is 1. The Bertz CT molecular complexity index is 437. The van der Waals surface area contributed by atoms with Crippen LogP contribution in [0.15, 0.2) is 18.2 Å². The Kier molecular flexibility index (Phi) is 4.21. The summed E-state index contributed by atoms with van der Waals surface area (Å²) >= 11 is 5.76. The SMILES string of the molecule is C#CCN(CC)C(=O)c1cc(Cl)ccc1O. The van der Waals surface area contributed by atoms with Gasteiger partial charge in [0.1, 0.15) is 5.75 Å². The Morgan fingerprint density at radius 2 is 2.31 bits per heavy atom. The van der Waals surface area contributed by atoms with Crippen LogP contribution in [0, 0.1) is 12.3 Å². The highest BCUT2D eigenvalue weighted by Crippen LogP contribution is 2.22. The molecule has 1 aromatic carbocycles. The second kappa shape index (κ2) is 5.43. The Hall–Kier alpha value is -1.66. The van der Waals surface area contributed by atoms with E-state index in [1.165, 1.54) is 23.1 Å². The Labute approximate surface area is 99.6 Å². The van der Waals surface area contributed by atoms with Crippen molar-refractivity contribution in [2.45, 2.75) is 6.92 Å². The van der Waals surface area contributed by atoms with Crippen molar-refractivity contribution in [2.75, 3.05) is 13.1 Å². The van der Waals surface area contributed by atoms with Crippen LogP contribution in [0.4, 0.5) is 0 Å². The number of benzene rings is 1. The average molecular weight is 238 g/mol. The molecule has 0 heterocycles. The highest BCUT2D eigenvalue weighted by molar-refractivity contribution is 6.31. The smallest absolute Gasteiger partial charge is 0.258 e. The lowest BCUT2D eigenvalue weighted by Gasteiger charge is -2.18. The van der Waals surface area contributed by atoms with E-state index in [1.54, 1.807) is 0 Å². The number of rotatable bonds is 3. The number of phenols is 1. The van der Waals surface area contributed by atoms with Crippen molar-refractivity contribution < 1.29 is 9.90 Å². The van der Waals surface area contributed by atoms with Crippen LogP contribution in [0.5, 0.6) is 5.75 Å². The number of halogens is 1. The number of phenolic OH excluding ortho intramolecular Hbond substituents is 1. The molecule has 84 valence electrons. The molecule has 3 nitrogen and oxygen atoms in total. The number of terminal acetylenes is 1. The minimum Gasteiger partial charge on any atom is -0.507 e. The summed E-state index contributed by atoms with van der Waals surface area (Å²) < 4.78 is 0. The molecule has 0 bridgehead atoms. The van der Waals surface area contributed by atoms with Gasteiger partial charge in [0.25, 0.3) is 5.91 Å². The average Bonchev–Trinajstić information content (AvgIpc) is 2.28. The van der Waals surface area contributed by atoms with Crippen LogP contribution >= 0.6 is 11.6 Å². The molecular weight excluding hydrogens is 226 g/mol. The van der Waals surface area contributed by atoms with Gasteiger partial charge in [-0.1, -0.05) is 17.5 Å². The molecule has 0 fully saturated rings. The van der Waals surface area contributed by atoms with Crippen LogP contribution in [0.2, 0.25) is 5.02 Å². The number of hydrogen-bond donors (Lipinski definition) is 1. The third kappa shape index (κ3) is 2.68. The fourth-order valence-electron chi connectivity index (χ4n) is 1.29. The van der Waals surface area contributed by atoms with Gasteiger partial charge in [-0.3, -0.25) is 4.79 Å². The predicted molar refractivity (Wildman–Crippen MR) is 63.5 cm³/mol. The molecule has 1 aromatic rings. The van der Waals surface area contributed by atoms with Gasteiger partial charge in [-0.25, -0.2) is 0 Å². The van der Waals surface area contributed by atoms with Gasteiger partial charge in [0.2, 0.25) is 0 Å². The first-order valence-electron chi connectivity index (χ1n) is 4.81. The van der Waals surface area contributed by atoms with Crippen LogP contribution in [0.25, 0.3) is 0 Å². The van der Waals surface area contributed by atoms with Gasteiger partial charge in [0.15, 0.2) is 0 Å². The summed E-state index contributed by atoms with van der Waals surface area (Å²) in [5.74, 6) is 1.98. The molecule has 0 unspecified atom stereocenters. The van der Waals surface area contributed by atoms with Crippen molar-refractivity contribution in [3.63, 3.8) is 0 Å². The fraction of sp³-hybridized carbons (Fsp3) is 0.250. The molecule has 0 saturated carbocycles. The van der Waals surface area contributed by atoms with Gasteiger partial charge >= 0.3 is 0 Å². The molecule has 1 N–H and O–H groups in total. The fourth-order valence-corrected chi connectivity index (χ4v) is 1.46. The lowest BCUT2D eigenvalue weighted by atomic mass is 10.1. The molecule has 0 aliphatic carbocycles. The first-order valence-corrected chi connectivity index (χ1v) is 5.19. The van der Waals surface area contributed by atoms with Crippen molar-refractivity contribution in [1.29, 1.82) is 0 Å². The number of hydrogen-bond acceptors (Lipinski definition) is 2. The van der Waals surface area contributed by atoms with E-state index >= 15 is 0 Å². The van der Waals surface area contributed by atoms with E-state index in [4.69, 9.17) is 18.0 Å². The normalized spacial score (nSPS) is 9.56. The second-order valence-electron chi connectivity index (χ2n) is 3.18. The highest BCUT2D eigenvalue weighted by atomic mass is 35.5. The maximum atomic E-state index is 12.0. The molecule has 0 aliphatic heterocycles. The summed E-state index contributed by atoms with van der Waals surface area (Å²) in [4.78, 5) is 13.4. The largest absolute Gasteiger partial charge is 0.507 e. The van der Waals surface area contributed by atoms with Crippen molar-refractivity contribution in [3.8, 4) is 18.1 Å². The van der Waals surface area contributed by atoms with Crippen LogP contribution in [0.3, 0.4) is 0 Å². The molecule has 1 amide bonds. The van der Waals surface area contributed by atoms with E-state index < -0.39 is 0 Å². The van der Waals surface area contributed by atoms with Gasteiger partial charge in [-0.15, -0.1) is 6.42 Å². The van der Waals surface area contributed by atoms with E-state index in [-0.39, 0.29) is 23.8 Å². The van der Waals surface area contributed by atoms with Gasteiger partial charge in [-0.2, -0.15) is 0 Å². The zero-order valence-corrected chi connectivity index (χ0v) is 9.66. The van der Waals surface area contributed by atoms with Crippen LogP contribution in [-0.2, 0) is 0 Å². The van der Waals surface area contributed by atoms with Crippen LogP contribution < -0.4 is 0 Å². The lowest BCUT2D eigenvalue weighted by Crippen LogP contribution is -2.31. The van der Waals surface area contributed by atoms with Crippen LogP contribution in [0.1, 0.15) is 17.3 Å². The topological polar surface area (TPSA) is 40.5 Å². The summed E-state index contributed by atoms with van der Waals surface area (Å²) in [6.07, 6.45) is 5.16. The number of carbonyl (C=O) groups excluding carboxylic acids is 1. The summed E-state index contributed by atoms with van der Waals surface area (Å²) in [5, 5.41) is 9.96. The maximum absolute atomic E-state index is 12.0. The number of amides is 1. The minimum absolute atomic E-state index is 0.0927. The summed E-state index contributed by atoms with van der Waals surface area (Å²) in [6.45, 7) is 2.51. The zero-order chi connectivity index (χ0) is 12.1. The second-order valence-corrected chi connectivity index (χ2v) is 3.62. The summed E-state index contributed by atoms with van der Waals surface area (Å²) in [5.41, 5.74) is 0.171. The van der Waals surface area contributed by atoms with Crippen LogP contribution in [-0.4, -0.2) is 29.0 Å². The Balaban J connectivity index is 3.03. The standard InChI is InChI=1S/C12H12ClNO2/c1-3-7-14(4-2)12(16)10-8-9(13)5-6-11(10)15/h1,5-6,8,15H,4,7H2,2H3. The third-order valence-electron chi connectivity index (χ3n) is 2.14. The monoisotopic (exact) mass is 237 g/mol. The zero-order valence-electron chi connectivity index (χ0n) is 8.90. The maximum Gasteiger partial charge on any atom is 0.258 e. The molecule has 16 heavy (non-hydrogen) atoms. The summed E-state index contributed by atoms with van der Waals surface area (Å²) in [7, 11) is 0. The van der Waals surface area contributed by atoms with Gasteiger partial charge in [0.05, 0.1) is 12.1 Å². The molecule has 0 aromatic heterocycles. The Morgan fingerprint density at radius 3 is 2.88 bits per heavy atom. The van der Waals surface area contributed by atoms with Crippen molar-refractivity contribution >= 4 is 17.5 Å². The molecule has 0 spiro atoms. The van der Waals surface area contributed by atoms with Gasteiger partial charge in [-0.05, 0) is 25.1 Å². The lowest BCUT2D eigenvalue weighted by molar-refractivity contribution is 0.0782. The van der Waals surface area contributed by atoms with Crippen molar-refractivity contribution in [1.82, 2.24) is 4.90 Å². The molecule has 0 aliphatic rings. The van der Waals surface area contributed by atoms with E-state index in [9.17, 15) is 9.90 Å². The molecule has 1 rings (SSSR count). The molecule has 0 atom stereocenters. The van der Waals surface area contributed by atoms with E-state index in [0.29, 0.717) is 11.6 Å². The predicted octanol–water partition coefficient (Wildman–Crippen LogP) is 2.14. The highest BCUT2D eigenvalue weighted by Gasteiger charge is 2.17. The van der Waals surface area contributed by atoms with Gasteiger partial charge in [0, 0.05) is 11.6 Å². The van der Waals surface area contributed by atoms with Gasteiger partial charge < -0.3 is 10.0 Å². The number of nitrogens with zero attached hydrogens (tertiary/aromatic N) is 1. The molecular formula is C12H12ClNO2. The first kappa shape index (κ1) is 12.4. The molecule has 0 saturated heterocycles. The Morgan fingerprint density at radius 1 is 1.62 bits per heavy atom. The molecule has 4 heteroatoms. The first-order chi connectivity index (χ1) is 7.60. The number of aromatic hydroxyl groups is 1. The van der Waals surface area contributed by atoms with E-state index in [0.717, 1.165) is 0 Å². The molecule has 0 radical (unpaired) electrons. The third-order valence-corrected chi connectivity index (χ3v) is 2.38.